The largest absolute Gasteiger partial charge is 0.509 e. The van der Waals surface area contributed by atoms with Crippen LogP contribution in [0.2, 0.25) is 0 Å². The van der Waals surface area contributed by atoms with Crippen LogP contribution in [0.3, 0.4) is 0 Å². The number of hydrogen-bond acceptors (Lipinski definition) is 8. The molecule has 3 aromatic rings. The van der Waals surface area contributed by atoms with Crippen molar-refractivity contribution in [1.82, 2.24) is 25.3 Å². The molecular formula is C33H31ClF8N6O4. The summed E-state index contributed by atoms with van der Waals surface area (Å²) < 4.78 is 117. The number of hydrazine groups is 1. The summed E-state index contributed by atoms with van der Waals surface area (Å²) in [6.45, 7) is 0.291. The number of carbonyl (C=O) groups is 2. The van der Waals surface area contributed by atoms with E-state index in [2.05, 4.69) is 20.6 Å². The smallest absolute Gasteiger partial charge is 0.433 e. The molecule has 2 fully saturated rings. The minimum absolute atomic E-state index is 0. The third-order valence-electron chi connectivity index (χ3n) is 9.39. The first-order valence-electron chi connectivity index (χ1n) is 15.8. The van der Waals surface area contributed by atoms with Crippen molar-refractivity contribution >= 4 is 29.9 Å². The van der Waals surface area contributed by atoms with E-state index < -0.39 is 87.4 Å². The van der Waals surface area contributed by atoms with Crippen LogP contribution in [0, 0.1) is 11.6 Å². The Labute approximate surface area is 297 Å². The zero-order chi connectivity index (χ0) is 36.9. The predicted molar refractivity (Wildman–Crippen MR) is 171 cm³/mol. The summed E-state index contributed by atoms with van der Waals surface area (Å²) in [5.74, 6) is -6.08. The second-order valence-electron chi connectivity index (χ2n) is 12.4. The Morgan fingerprint density at radius 3 is 2.38 bits per heavy atom. The van der Waals surface area contributed by atoms with E-state index in [0.717, 1.165) is 30.5 Å². The van der Waals surface area contributed by atoms with Gasteiger partial charge in [-0.1, -0.05) is 6.07 Å². The van der Waals surface area contributed by atoms with Gasteiger partial charge in [0.1, 0.15) is 30.0 Å². The van der Waals surface area contributed by atoms with Crippen molar-refractivity contribution in [2.24, 2.45) is 0 Å². The number of amides is 2. The maximum atomic E-state index is 15.4. The first-order chi connectivity index (χ1) is 24.0. The van der Waals surface area contributed by atoms with Crippen LogP contribution in [-0.4, -0.2) is 68.7 Å². The standard InChI is InChI=1S/C33H30F8N6O4.ClH/c1-46-31(9-3-10-31)28(48)25(30(50)47(46)14-17-5-8-23(27(35)26(17)34)51-15-19-4-2-11-42-19)29(49)45-21-7-6-18(32(36,37)38)12-20(21)22-13-24(33(39,40)41)44-16-43-22;/h5-8,12-13,16,19,42,48H,2-4,9-11,14-15H2,1H3,(H,45,49);1H. The number of ether oxygens (including phenoxy) is 1. The lowest BCUT2D eigenvalue weighted by atomic mass is 9.72. The molecule has 1 aliphatic carbocycles. The summed E-state index contributed by atoms with van der Waals surface area (Å²) >= 11 is 0. The molecule has 0 radical (unpaired) electrons. The van der Waals surface area contributed by atoms with Crippen molar-refractivity contribution < 1.29 is 54.6 Å². The highest BCUT2D eigenvalue weighted by Gasteiger charge is 2.55. The van der Waals surface area contributed by atoms with Crippen LogP contribution in [0.4, 0.5) is 40.8 Å². The Morgan fingerprint density at radius 2 is 1.77 bits per heavy atom. The number of carbonyl (C=O) groups excluding carboxylic acids is 2. The van der Waals surface area contributed by atoms with Gasteiger partial charge >= 0.3 is 12.4 Å². The summed E-state index contributed by atoms with van der Waals surface area (Å²) in [5.41, 5.74) is -6.89. The van der Waals surface area contributed by atoms with E-state index in [1.54, 1.807) is 0 Å². The Bertz CT molecular complexity index is 1900. The lowest BCUT2D eigenvalue weighted by Gasteiger charge is -2.54. The number of nitrogens with zero attached hydrogens (tertiary/aromatic N) is 4. The Kier molecular flexibility index (Phi) is 10.8. The molecule has 2 aromatic carbocycles. The van der Waals surface area contributed by atoms with Gasteiger partial charge in [0.15, 0.2) is 11.6 Å². The van der Waals surface area contributed by atoms with E-state index >= 15 is 8.78 Å². The average Bonchev–Trinajstić information content (AvgIpc) is 3.57. The second kappa shape index (κ2) is 14.5. The third-order valence-corrected chi connectivity index (χ3v) is 9.39. The molecule has 1 saturated carbocycles. The van der Waals surface area contributed by atoms with Gasteiger partial charge in [-0.25, -0.2) is 19.4 Å². The summed E-state index contributed by atoms with van der Waals surface area (Å²) in [6, 6.07) is 4.59. The molecule has 3 N–H and O–H groups in total. The number of alkyl halides is 6. The van der Waals surface area contributed by atoms with Gasteiger partial charge in [0.25, 0.3) is 11.8 Å². The molecule has 10 nitrogen and oxygen atoms in total. The van der Waals surface area contributed by atoms with Crippen molar-refractivity contribution in [3.63, 3.8) is 0 Å². The lowest BCUT2D eigenvalue weighted by Crippen LogP contribution is -2.65. The maximum Gasteiger partial charge on any atom is 0.433 e. The van der Waals surface area contributed by atoms with Crippen molar-refractivity contribution in [2.45, 2.75) is 62.6 Å². The molecule has 1 unspecified atom stereocenters. The zero-order valence-corrected chi connectivity index (χ0v) is 28.0. The Morgan fingerprint density at radius 1 is 1.04 bits per heavy atom. The first-order valence-corrected chi connectivity index (χ1v) is 15.8. The molecule has 3 heterocycles. The van der Waals surface area contributed by atoms with E-state index in [1.165, 1.54) is 24.2 Å². The molecule has 6 rings (SSSR count). The zero-order valence-electron chi connectivity index (χ0n) is 27.2. The van der Waals surface area contributed by atoms with E-state index in [9.17, 15) is 41.0 Å². The fraction of sp³-hybridized carbons (Fsp3) is 0.394. The van der Waals surface area contributed by atoms with Gasteiger partial charge in [-0.05, 0) is 69.0 Å². The molecule has 2 amide bonds. The molecule has 1 aromatic heterocycles. The highest BCUT2D eigenvalue weighted by Crippen LogP contribution is 2.47. The summed E-state index contributed by atoms with van der Waals surface area (Å²) in [7, 11) is 1.42. The van der Waals surface area contributed by atoms with E-state index in [4.69, 9.17) is 4.74 Å². The molecule has 52 heavy (non-hydrogen) atoms. The summed E-state index contributed by atoms with van der Waals surface area (Å²) in [6.07, 6.45) is -6.68. The lowest BCUT2D eigenvalue weighted by molar-refractivity contribution is -0.172. The van der Waals surface area contributed by atoms with Crippen LogP contribution in [0.1, 0.15) is 48.9 Å². The molecule has 1 saturated heterocycles. The molecule has 2 aliphatic heterocycles. The number of halogens is 9. The molecular weight excluding hydrogens is 732 g/mol. The van der Waals surface area contributed by atoms with Gasteiger partial charge in [-0.2, -0.15) is 30.7 Å². The average molecular weight is 763 g/mol. The number of aliphatic hydroxyl groups is 1. The van der Waals surface area contributed by atoms with E-state index in [0.29, 0.717) is 30.9 Å². The fourth-order valence-corrected chi connectivity index (χ4v) is 6.38. The topological polar surface area (TPSA) is 120 Å². The van der Waals surface area contributed by atoms with Crippen molar-refractivity contribution in [3.8, 4) is 17.0 Å². The van der Waals surface area contributed by atoms with Crippen LogP contribution in [0.5, 0.6) is 5.75 Å². The SMILES string of the molecule is CN1N(Cc2ccc(OCC3CCCN3)c(F)c2F)C(=O)C(C(=O)Nc2ccc(C(F)(F)F)cc2-c2cc(C(F)(F)F)ncn2)=C(O)C12CCC2.Cl. The third kappa shape index (κ3) is 7.23. The van der Waals surface area contributed by atoms with Crippen LogP contribution < -0.4 is 15.4 Å². The monoisotopic (exact) mass is 762 g/mol. The van der Waals surface area contributed by atoms with Crippen molar-refractivity contribution in [2.75, 3.05) is 25.5 Å². The summed E-state index contributed by atoms with van der Waals surface area (Å²) in [5, 5.41) is 19.0. The van der Waals surface area contributed by atoms with Crippen molar-refractivity contribution in [1.29, 1.82) is 0 Å². The highest BCUT2D eigenvalue weighted by atomic mass is 35.5. The van der Waals surface area contributed by atoms with Crippen LogP contribution >= 0.6 is 12.4 Å². The molecule has 3 aliphatic rings. The molecule has 280 valence electrons. The number of rotatable bonds is 8. The number of nitrogens with one attached hydrogen (secondary N) is 2. The quantitative estimate of drug-likeness (QED) is 0.174. The molecule has 0 bridgehead atoms. The number of aliphatic hydroxyl groups excluding tert-OH is 1. The molecule has 1 spiro atoms. The number of anilines is 1. The van der Waals surface area contributed by atoms with Crippen LogP contribution in [0.15, 0.2) is 54.1 Å². The summed E-state index contributed by atoms with van der Waals surface area (Å²) in [4.78, 5) is 34.4. The minimum atomic E-state index is -4.98. The van der Waals surface area contributed by atoms with E-state index in [-0.39, 0.29) is 49.2 Å². The van der Waals surface area contributed by atoms with Crippen LogP contribution in [0.25, 0.3) is 11.3 Å². The normalized spacial score (nSPS) is 19.1. The van der Waals surface area contributed by atoms with Crippen molar-refractivity contribution in [3.05, 3.63) is 82.5 Å². The maximum absolute atomic E-state index is 15.4. The van der Waals surface area contributed by atoms with Gasteiger partial charge in [0.05, 0.1) is 29.0 Å². The van der Waals surface area contributed by atoms with Gasteiger partial charge < -0.3 is 20.5 Å². The Balaban J connectivity index is 0.00000523. The number of aromatic nitrogens is 2. The molecule has 19 heteroatoms. The minimum Gasteiger partial charge on any atom is -0.509 e. The molecule has 1 atom stereocenters. The Hall–Kier alpha value is -4.55. The highest BCUT2D eigenvalue weighted by molar-refractivity contribution is 6.24. The first kappa shape index (κ1) is 38.7. The van der Waals surface area contributed by atoms with Gasteiger partial charge in [-0.15, -0.1) is 12.4 Å². The second-order valence-corrected chi connectivity index (χ2v) is 12.4. The number of hydrogen-bond donors (Lipinski definition) is 3. The van der Waals surface area contributed by atoms with Gasteiger partial charge in [-0.3, -0.25) is 14.6 Å². The number of benzene rings is 2. The fourth-order valence-electron chi connectivity index (χ4n) is 6.38. The van der Waals surface area contributed by atoms with Gasteiger partial charge in [0.2, 0.25) is 5.82 Å². The predicted octanol–water partition coefficient (Wildman–Crippen LogP) is 6.57. The van der Waals surface area contributed by atoms with Gasteiger partial charge in [0, 0.05) is 24.2 Å². The van der Waals surface area contributed by atoms with Crippen LogP contribution in [-0.2, 0) is 28.5 Å². The number of likely N-dealkylation sites (N-methyl/N-ethyl adjacent to an activating group) is 1. The van der Waals surface area contributed by atoms with E-state index in [1.807, 2.05) is 0 Å².